The second-order valence-corrected chi connectivity index (χ2v) is 9.68. The normalized spacial score (nSPS) is 12.2. The van der Waals surface area contributed by atoms with Crippen LogP contribution in [0.3, 0.4) is 0 Å². The van der Waals surface area contributed by atoms with Crippen molar-refractivity contribution in [3.63, 3.8) is 0 Å². The summed E-state index contributed by atoms with van der Waals surface area (Å²) < 4.78 is 1.97. The lowest BCUT2D eigenvalue weighted by molar-refractivity contribution is 0.105. The van der Waals surface area contributed by atoms with E-state index in [-0.39, 0.29) is 18.9 Å². The Morgan fingerprint density at radius 2 is 1.61 bits per heavy atom. The second kappa shape index (κ2) is 11.5. The Kier molecular flexibility index (Phi) is 8.23. The molecular weight excluding hydrogens is 452 g/mol. The van der Waals surface area contributed by atoms with E-state index >= 15 is 0 Å². The number of rotatable bonds is 11. The highest BCUT2D eigenvalue weighted by molar-refractivity contribution is 5.79. The van der Waals surface area contributed by atoms with Gasteiger partial charge < -0.3 is 25.2 Å². The number of benzene rings is 2. The van der Waals surface area contributed by atoms with Crippen molar-refractivity contribution in [1.82, 2.24) is 14.5 Å². The molecule has 190 valence electrons. The third kappa shape index (κ3) is 6.42. The van der Waals surface area contributed by atoms with E-state index in [1.807, 2.05) is 17.6 Å². The van der Waals surface area contributed by atoms with Crippen LogP contribution in [0, 0.1) is 20.8 Å². The average Bonchev–Trinajstić information content (AvgIpc) is 3.18. The lowest BCUT2D eigenvalue weighted by Gasteiger charge is -2.14. The standard InChI is InChI=1S/C29H36N4O3/c1-19-12-20(2)14-23(13-19)7-5-4-6-22-9-10-25-27(15-22)33(29(32-25)30-16-24(35)18-34)17-26-28(36)11-8-21(3)31-26/h8-15,24,34-36H,4-7,16-18H2,1-3H3,(H,30,32). The Bertz CT molecular complexity index is 1310. The van der Waals surface area contributed by atoms with Crippen LogP contribution >= 0.6 is 0 Å². The molecule has 7 heteroatoms. The van der Waals surface area contributed by atoms with E-state index in [1.165, 1.54) is 22.3 Å². The third-order valence-corrected chi connectivity index (χ3v) is 6.38. The smallest absolute Gasteiger partial charge is 0.204 e. The monoisotopic (exact) mass is 488 g/mol. The maximum atomic E-state index is 10.4. The molecule has 0 bridgehead atoms. The number of nitrogens with zero attached hydrogens (tertiary/aromatic N) is 3. The zero-order chi connectivity index (χ0) is 25.7. The highest BCUT2D eigenvalue weighted by Gasteiger charge is 2.15. The number of aromatic hydroxyl groups is 1. The maximum Gasteiger partial charge on any atom is 0.204 e. The van der Waals surface area contributed by atoms with Crippen LogP contribution in [0.5, 0.6) is 5.75 Å². The predicted octanol–water partition coefficient (Wildman–Crippen LogP) is 4.44. The van der Waals surface area contributed by atoms with Crippen LogP contribution in [0.15, 0.2) is 48.5 Å². The molecule has 0 aliphatic heterocycles. The summed E-state index contributed by atoms with van der Waals surface area (Å²) in [6, 6.07) is 16.5. The number of aliphatic hydroxyl groups is 2. The zero-order valence-corrected chi connectivity index (χ0v) is 21.3. The number of hydrogen-bond donors (Lipinski definition) is 4. The minimum atomic E-state index is -0.892. The number of hydrogen-bond acceptors (Lipinski definition) is 6. The molecule has 2 heterocycles. The van der Waals surface area contributed by atoms with Crippen molar-refractivity contribution in [3.05, 3.63) is 82.2 Å². The van der Waals surface area contributed by atoms with Gasteiger partial charge in [-0.25, -0.2) is 4.98 Å². The van der Waals surface area contributed by atoms with E-state index in [1.54, 1.807) is 12.1 Å². The first-order valence-corrected chi connectivity index (χ1v) is 12.6. The lowest BCUT2D eigenvalue weighted by Crippen LogP contribution is -2.24. The summed E-state index contributed by atoms with van der Waals surface area (Å²) in [6.07, 6.45) is 3.35. The molecule has 4 aromatic rings. The molecule has 36 heavy (non-hydrogen) atoms. The van der Waals surface area contributed by atoms with Gasteiger partial charge in [0.1, 0.15) is 11.4 Å². The second-order valence-electron chi connectivity index (χ2n) is 9.68. The highest BCUT2D eigenvalue weighted by atomic mass is 16.3. The van der Waals surface area contributed by atoms with Crippen molar-refractivity contribution >= 4 is 17.0 Å². The van der Waals surface area contributed by atoms with Crippen molar-refractivity contribution in [2.75, 3.05) is 18.5 Å². The largest absolute Gasteiger partial charge is 0.506 e. The fraction of sp³-hybridized carbons (Fsp3) is 0.379. The molecule has 4 rings (SSSR count). The molecule has 7 nitrogen and oxygen atoms in total. The van der Waals surface area contributed by atoms with Crippen LogP contribution in [-0.2, 0) is 19.4 Å². The molecule has 2 aromatic heterocycles. The molecule has 0 aliphatic carbocycles. The summed E-state index contributed by atoms with van der Waals surface area (Å²) in [5.41, 5.74) is 8.38. The third-order valence-electron chi connectivity index (χ3n) is 6.38. The Morgan fingerprint density at radius 3 is 2.33 bits per heavy atom. The van der Waals surface area contributed by atoms with Crippen LogP contribution in [0.1, 0.15) is 46.5 Å². The Balaban J connectivity index is 1.54. The molecule has 0 aliphatic rings. The summed E-state index contributed by atoms with van der Waals surface area (Å²) >= 11 is 0. The molecule has 0 saturated heterocycles. The fourth-order valence-corrected chi connectivity index (χ4v) is 4.63. The minimum Gasteiger partial charge on any atom is -0.506 e. The Hall–Kier alpha value is -3.42. The first-order valence-electron chi connectivity index (χ1n) is 12.6. The van der Waals surface area contributed by atoms with Gasteiger partial charge in [-0.05, 0) is 81.8 Å². The molecule has 4 N–H and O–H groups in total. The zero-order valence-electron chi connectivity index (χ0n) is 21.3. The van der Waals surface area contributed by atoms with Gasteiger partial charge in [-0.2, -0.15) is 0 Å². The van der Waals surface area contributed by atoms with E-state index < -0.39 is 6.10 Å². The first-order chi connectivity index (χ1) is 17.3. The van der Waals surface area contributed by atoms with Crippen LogP contribution in [0.25, 0.3) is 11.0 Å². The first kappa shape index (κ1) is 25.7. The number of anilines is 1. The van der Waals surface area contributed by atoms with Gasteiger partial charge in [-0.15, -0.1) is 0 Å². The molecule has 0 amide bonds. The quantitative estimate of drug-likeness (QED) is 0.233. The van der Waals surface area contributed by atoms with Crippen molar-refractivity contribution in [2.45, 2.75) is 59.1 Å². The van der Waals surface area contributed by atoms with E-state index in [2.05, 4.69) is 54.5 Å². The van der Waals surface area contributed by atoms with Gasteiger partial charge in [0.25, 0.3) is 0 Å². The van der Waals surface area contributed by atoms with Crippen molar-refractivity contribution in [1.29, 1.82) is 0 Å². The van der Waals surface area contributed by atoms with Gasteiger partial charge in [-0.1, -0.05) is 35.4 Å². The van der Waals surface area contributed by atoms with E-state index in [9.17, 15) is 15.3 Å². The summed E-state index contributed by atoms with van der Waals surface area (Å²) in [5, 5.41) is 32.6. The molecule has 0 fully saturated rings. The number of pyridine rings is 1. The SMILES string of the molecule is Cc1cc(C)cc(CCCCc2ccc3nc(NCC(O)CO)n(Cc4nc(C)ccc4O)c3c2)c1. The van der Waals surface area contributed by atoms with Gasteiger partial charge >= 0.3 is 0 Å². The predicted molar refractivity (Wildman–Crippen MR) is 144 cm³/mol. The van der Waals surface area contributed by atoms with E-state index in [0.717, 1.165) is 42.4 Å². The molecule has 2 aromatic carbocycles. The highest BCUT2D eigenvalue weighted by Crippen LogP contribution is 2.26. The topological polar surface area (TPSA) is 103 Å². The summed E-state index contributed by atoms with van der Waals surface area (Å²) in [7, 11) is 0. The van der Waals surface area contributed by atoms with Crippen LogP contribution in [0.2, 0.25) is 0 Å². The number of aryl methyl sites for hydroxylation is 5. The number of unbranched alkanes of at least 4 members (excludes halogenated alkanes) is 1. The molecule has 1 atom stereocenters. The Labute approximate surface area is 212 Å². The summed E-state index contributed by atoms with van der Waals surface area (Å²) in [4.78, 5) is 9.23. The number of nitrogens with one attached hydrogen (secondary N) is 1. The van der Waals surface area contributed by atoms with Crippen molar-refractivity contribution < 1.29 is 15.3 Å². The van der Waals surface area contributed by atoms with Gasteiger partial charge in [0.2, 0.25) is 5.95 Å². The number of fused-ring (bicyclic) bond motifs is 1. The number of aromatic nitrogens is 3. The Morgan fingerprint density at radius 1 is 0.889 bits per heavy atom. The molecule has 0 radical (unpaired) electrons. The van der Waals surface area contributed by atoms with Gasteiger partial charge in [-0.3, -0.25) is 4.98 Å². The summed E-state index contributed by atoms with van der Waals surface area (Å²) in [5.74, 6) is 0.693. The van der Waals surface area contributed by atoms with Crippen molar-refractivity contribution in [3.8, 4) is 5.75 Å². The van der Waals surface area contributed by atoms with E-state index in [0.29, 0.717) is 18.2 Å². The fourth-order valence-electron chi connectivity index (χ4n) is 4.63. The van der Waals surface area contributed by atoms with Crippen molar-refractivity contribution in [2.24, 2.45) is 0 Å². The molecular formula is C29H36N4O3. The number of imidazole rings is 1. The van der Waals surface area contributed by atoms with Gasteiger partial charge in [0, 0.05) is 12.2 Å². The maximum absolute atomic E-state index is 10.4. The lowest BCUT2D eigenvalue weighted by atomic mass is 10.0. The van der Waals surface area contributed by atoms with Gasteiger partial charge in [0.15, 0.2) is 0 Å². The van der Waals surface area contributed by atoms with Crippen LogP contribution in [0.4, 0.5) is 5.95 Å². The molecule has 0 spiro atoms. The molecule has 0 saturated carbocycles. The van der Waals surface area contributed by atoms with E-state index in [4.69, 9.17) is 4.98 Å². The van der Waals surface area contributed by atoms with Crippen LogP contribution in [-0.4, -0.2) is 49.1 Å². The van der Waals surface area contributed by atoms with Gasteiger partial charge in [0.05, 0.1) is 30.3 Å². The molecule has 1 unspecified atom stereocenters. The van der Waals surface area contributed by atoms with Crippen LogP contribution < -0.4 is 5.32 Å². The minimum absolute atomic E-state index is 0.131. The number of aliphatic hydroxyl groups excluding tert-OH is 2. The average molecular weight is 489 g/mol. The summed E-state index contributed by atoms with van der Waals surface area (Å²) in [6.45, 7) is 6.35.